The van der Waals surface area contributed by atoms with Crippen molar-refractivity contribution in [3.63, 3.8) is 0 Å². The summed E-state index contributed by atoms with van der Waals surface area (Å²) in [6.07, 6.45) is -0.138. The second-order valence-electron chi connectivity index (χ2n) is 7.76. The Kier molecular flexibility index (Phi) is 12.3. The largest absolute Gasteiger partial charge is 0.613 e. The van der Waals surface area contributed by atoms with E-state index in [1.807, 2.05) is 6.92 Å². The van der Waals surface area contributed by atoms with Crippen LogP contribution in [0.5, 0.6) is 0 Å². The predicted octanol–water partition coefficient (Wildman–Crippen LogP) is 2.06. The number of carboxylic acids is 2. The Morgan fingerprint density at radius 1 is 1.09 bits per heavy atom. The number of hydrogen-bond donors (Lipinski definition) is 5. The fraction of sp³-hybridized carbons (Fsp3) is 0.524. The first-order chi connectivity index (χ1) is 15.9. The van der Waals surface area contributed by atoms with Crippen LogP contribution < -0.4 is 15.7 Å². The number of hydrogen-bond acceptors (Lipinski definition) is 6. The van der Waals surface area contributed by atoms with E-state index in [0.29, 0.717) is 6.42 Å². The molecule has 13 heteroatoms. The lowest BCUT2D eigenvalue weighted by molar-refractivity contribution is -0.140. The number of carbonyl (C=O) groups excluding carboxylic acids is 2. The first-order valence-electron chi connectivity index (χ1n) is 10.6. The van der Waals surface area contributed by atoms with Crippen LogP contribution in [0.15, 0.2) is 24.3 Å². The molecule has 0 aliphatic rings. The number of benzene rings is 1. The smallest absolute Gasteiger partial charge is 0.481 e. The number of nitrogens with one attached hydrogen (secondary N) is 3. The van der Waals surface area contributed by atoms with Crippen LogP contribution in [0.2, 0.25) is 0 Å². The molecule has 0 saturated carbocycles. The van der Waals surface area contributed by atoms with Crippen LogP contribution in [0.4, 0.5) is 4.39 Å². The van der Waals surface area contributed by atoms with Crippen molar-refractivity contribution >= 4 is 31.9 Å². The van der Waals surface area contributed by atoms with E-state index in [2.05, 4.69) is 15.7 Å². The van der Waals surface area contributed by atoms with Gasteiger partial charge in [-0.05, 0) is 48.1 Å². The Balaban J connectivity index is 2.64. The Bertz CT molecular complexity index is 883. The summed E-state index contributed by atoms with van der Waals surface area (Å²) in [7, 11) is -2.64. The summed E-state index contributed by atoms with van der Waals surface area (Å²) in [6, 6.07) is 1.96. The second kappa shape index (κ2) is 14.3. The van der Waals surface area contributed by atoms with E-state index >= 15 is 0 Å². The first-order valence-corrected chi connectivity index (χ1v) is 11.8. The van der Waals surface area contributed by atoms with Gasteiger partial charge in [0, 0.05) is 12.0 Å². The summed E-state index contributed by atoms with van der Waals surface area (Å²) in [4.78, 5) is 47.0. The van der Waals surface area contributed by atoms with Crippen molar-refractivity contribution in [1.82, 2.24) is 15.7 Å². The van der Waals surface area contributed by atoms with Crippen LogP contribution in [-0.2, 0) is 23.5 Å². The highest BCUT2D eigenvalue weighted by Gasteiger charge is 2.32. The van der Waals surface area contributed by atoms with E-state index in [1.165, 1.54) is 12.1 Å². The van der Waals surface area contributed by atoms with Crippen LogP contribution in [0.3, 0.4) is 0 Å². The number of aliphatic carboxylic acids is 2. The molecule has 1 aromatic carbocycles. The third kappa shape index (κ3) is 10.3. The molecule has 5 atom stereocenters. The van der Waals surface area contributed by atoms with Gasteiger partial charge in [0.05, 0.1) is 6.04 Å². The molecule has 0 saturated heterocycles. The predicted molar refractivity (Wildman–Crippen MR) is 120 cm³/mol. The third-order valence-electron chi connectivity index (χ3n) is 4.93. The summed E-state index contributed by atoms with van der Waals surface area (Å²) >= 11 is 0. The van der Waals surface area contributed by atoms with Gasteiger partial charge < -0.3 is 20.8 Å². The molecule has 0 bridgehead atoms. The topological polar surface area (TPSA) is 171 Å². The maximum Gasteiger partial charge on any atom is 0.613 e. The minimum absolute atomic E-state index is 0.192. The molecule has 5 unspecified atom stereocenters. The maximum atomic E-state index is 13.1. The molecular weight excluding hydrogens is 472 g/mol. The van der Waals surface area contributed by atoms with Gasteiger partial charge in [-0.15, -0.1) is 4.52 Å². The van der Waals surface area contributed by atoms with Crippen LogP contribution in [0.1, 0.15) is 50.4 Å². The average molecular weight is 502 g/mol. The Labute approximate surface area is 197 Å². The highest BCUT2D eigenvalue weighted by atomic mass is 31.1. The van der Waals surface area contributed by atoms with Gasteiger partial charge in [-0.25, -0.2) is 4.39 Å². The van der Waals surface area contributed by atoms with Crippen molar-refractivity contribution < 1.29 is 42.9 Å². The van der Waals surface area contributed by atoms with Gasteiger partial charge in [-0.2, -0.15) is 0 Å². The molecule has 0 spiro atoms. The third-order valence-corrected chi connectivity index (χ3v) is 5.83. The molecule has 0 radical (unpaired) electrons. The highest BCUT2D eigenvalue weighted by molar-refractivity contribution is 7.36. The van der Waals surface area contributed by atoms with Crippen LogP contribution in [0, 0.1) is 11.7 Å². The SMILES string of the molecule is CCC(C)C(NC(=O)c1ccc(F)cc1)C(=O)NC(C)CO[P+](=O)NC(CCC(=O)O)C(=O)O. The van der Waals surface area contributed by atoms with Crippen LogP contribution in [0.25, 0.3) is 0 Å². The fourth-order valence-corrected chi connectivity index (χ4v) is 3.68. The summed E-state index contributed by atoms with van der Waals surface area (Å²) < 4.78 is 30.2. The fourth-order valence-electron chi connectivity index (χ4n) is 2.76. The van der Waals surface area contributed by atoms with E-state index in [0.717, 1.165) is 12.1 Å². The van der Waals surface area contributed by atoms with Gasteiger partial charge in [-0.1, -0.05) is 25.4 Å². The number of halogens is 1. The van der Waals surface area contributed by atoms with Crippen molar-refractivity contribution in [2.45, 2.75) is 58.2 Å². The monoisotopic (exact) mass is 502 g/mol. The molecule has 2 amide bonds. The van der Waals surface area contributed by atoms with Crippen molar-refractivity contribution in [3.8, 4) is 0 Å². The zero-order chi connectivity index (χ0) is 25.8. The molecule has 34 heavy (non-hydrogen) atoms. The van der Waals surface area contributed by atoms with Crippen LogP contribution in [-0.4, -0.2) is 58.7 Å². The summed E-state index contributed by atoms with van der Waals surface area (Å²) in [5.74, 6) is -4.34. The number of amides is 2. The van der Waals surface area contributed by atoms with E-state index in [1.54, 1.807) is 13.8 Å². The molecule has 0 aliphatic carbocycles. The van der Waals surface area contributed by atoms with Crippen molar-refractivity contribution in [3.05, 3.63) is 35.6 Å². The van der Waals surface area contributed by atoms with E-state index in [9.17, 15) is 28.1 Å². The molecule has 5 N–H and O–H groups in total. The molecule has 11 nitrogen and oxygen atoms in total. The molecule has 1 rings (SSSR count). The Morgan fingerprint density at radius 2 is 1.71 bits per heavy atom. The van der Waals surface area contributed by atoms with Gasteiger partial charge in [-0.3, -0.25) is 19.2 Å². The quantitative estimate of drug-likeness (QED) is 0.225. The van der Waals surface area contributed by atoms with Gasteiger partial charge >= 0.3 is 20.1 Å². The second-order valence-corrected chi connectivity index (χ2v) is 8.79. The average Bonchev–Trinajstić information content (AvgIpc) is 2.78. The molecular formula is C21H30FN3O8P+. The molecule has 1 aromatic rings. The van der Waals surface area contributed by atoms with E-state index in [4.69, 9.17) is 14.7 Å². The maximum absolute atomic E-state index is 13.1. The highest BCUT2D eigenvalue weighted by Crippen LogP contribution is 2.19. The minimum atomic E-state index is -2.64. The molecule has 0 aromatic heterocycles. The van der Waals surface area contributed by atoms with Crippen LogP contribution >= 0.6 is 8.18 Å². The molecule has 188 valence electrons. The zero-order valence-corrected chi connectivity index (χ0v) is 20.0. The van der Waals surface area contributed by atoms with Gasteiger partial charge in [0.1, 0.15) is 18.5 Å². The standard InChI is InChI=1S/C21H29FN3O8P/c1-4-12(2)18(24-19(28)14-5-7-15(22)8-6-14)20(29)23-13(3)11-33-34(32)25-16(21(30)31)9-10-17(26)27/h5-8,12-13,16,18H,4,9-11H2,1-3H3,(H4-,23,24,25,26,27,28,29,30,31,32)/p+1. The minimum Gasteiger partial charge on any atom is -0.481 e. The summed E-state index contributed by atoms with van der Waals surface area (Å²) in [5.41, 5.74) is 0.192. The zero-order valence-electron chi connectivity index (χ0n) is 19.1. The lowest BCUT2D eigenvalue weighted by Gasteiger charge is -2.25. The first kappa shape index (κ1) is 29.1. The summed E-state index contributed by atoms with van der Waals surface area (Å²) in [6.45, 7) is 4.95. The molecule has 0 heterocycles. The number of rotatable bonds is 15. The van der Waals surface area contributed by atoms with E-state index in [-0.39, 0.29) is 24.5 Å². The van der Waals surface area contributed by atoms with Gasteiger partial charge in [0.2, 0.25) is 5.91 Å². The Morgan fingerprint density at radius 3 is 2.24 bits per heavy atom. The van der Waals surface area contributed by atoms with Gasteiger partial charge in [0.25, 0.3) is 5.91 Å². The van der Waals surface area contributed by atoms with Crippen molar-refractivity contribution in [2.24, 2.45) is 5.92 Å². The van der Waals surface area contributed by atoms with Crippen molar-refractivity contribution in [1.29, 1.82) is 0 Å². The lowest BCUT2D eigenvalue weighted by Crippen LogP contribution is -2.52. The summed E-state index contributed by atoms with van der Waals surface area (Å²) in [5, 5.41) is 25.2. The normalized spacial score (nSPS) is 14.9. The number of carbonyl (C=O) groups is 4. The van der Waals surface area contributed by atoms with E-state index < -0.39 is 62.3 Å². The molecule has 0 fully saturated rings. The number of carboxylic acid groups (broad SMARTS) is 2. The lowest BCUT2D eigenvalue weighted by atomic mass is 9.97. The van der Waals surface area contributed by atoms with Gasteiger partial charge in [0.15, 0.2) is 6.04 Å². The van der Waals surface area contributed by atoms with Crippen molar-refractivity contribution in [2.75, 3.05) is 6.61 Å². The molecule has 0 aliphatic heterocycles. The Hall–Kier alpha value is -2.95.